The number of fused-ring (bicyclic) bond motifs is 1. The molecule has 0 amide bonds. The van der Waals surface area contributed by atoms with E-state index >= 15 is 0 Å². The third-order valence-corrected chi connectivity index (χ3v) is 4.92. The quantitative estimate of drug-likeness (QED) is 0.538. The zero-order chi connectivity index (χ0) is 21.3. The van der Waals surface area contributed by atoms with E-state index in [2.05, 4.69) is 14.9 Å². The molecular formula is C22H31N3O5. The molecule has 8 nitrogen and oxygen atoms in total. The van der Waals surface area contributed by atoms with Gasteiger partial charge in [0, 0.05) is 39.3 Å². The van der Waals surface area contributed by atoms with Crippen LogP contribution in [0.25, 0.3) is 0 Å². The summed E-state index contributed by atoms with van der Waals surface area (Å²) in [6.45, 7) is 6.98. The predicted octanol–water partition coefficient (Wildman–Crippen LogP) is 1.78. The van der Waals surface area contributed by atoms with E-state index < -0.39 is 12.4 Å². The average molecular weight is 418 g/mol. The molecule has 1 aromatic heterocycles. The lowest BCUT2D eigenvalue weighted by Gasteiger charge is -2.29. The normalized spacial score (nSPS) is 15.3. The highest BCUT2D eigenvalue weighted by molar-refractivity contribution is 5.21. The van der Waals surface area contributed by atoms with E-state index in [0.29, 0.717) is 57.3 Å². The molecule has 8 heteroatoms. The minimum Gasteiger partial charge on any atom is -0.389 e. The lowest BCUT2D eigenvalue weighted by Crippen LogP contribution is -2.41. The highest BCUT2D eigenvalue weighted by atomic mass is 16.7. The van der Waals surface area contributed by atoms with Crippen molar-refractivity contribution in [3.63, 3.8) is 0 Å². The molecule has 1 aliphatic rings. The van der Waals surface area contributed by atoms with Gasteiger partial charge in [-0.3, -0.25) is 9.69 Å². The zero-order valence-electron chi connectivity index (χ0n) is 17.7. The number of aliphatic hydroxyl groups excluding tert-OH is 1. The molecule has 0 radical (unpaired) electrons. The molecule has 2 N–H and O–H groups in total. The Balaban J connectivity index is 1.55. The van der Waals surface area contributed by atoms with Crippen molar-refractivity contribution in [1.82, 2.24) is 14.9 Å². The van der Waals surface area contributed by atoms with Crippen molar-refractivity contribution in [3.8, 4) is 0 Å². The highest BCUT2D eigenvalue weighted by Crippen LogP contribution is 2.19. The van der Waals surface area contributed by atoms with Crippen LogP contribution in [0, 0.1) is 0 Å². The van der Waals surface area contributed by atoms with Gasteiger partial charge in [0.2, 0.25) is 6.29 Å². The van der Waals surface area contributed by atoms with Gasteiger partial charge in [0.05, 0.1) is 30.6 Å². The molecule has 3 rings (SSSR count). The number of nitrogens with zero attached hydrogens (tertiary/aromatic N) is 2. The predicted molar refractivity (Wildman–Crippen MR) is 112 cm³/mol. The largest absolute Gasteiger partial charge is 0.389 e. The van der Waals surface area contributed by atoms with E-state index in [4.69, 9.17) is 14.2 Å². The van der Waals surface area contributed by atoms with Gasteiger partial charge in [0.15, 0.2) is 5.82 Å². The number of aliphatic hydroxyl groups is 1. The summed E-state index contributed by atoms with van der Waals surface area (Å²) < 4.78 is 16.7. The molecule has 0 saturated carbocycles. The van der Waals surface area contributed by atoms with Crippen LogP contribution in [0.3, 0.4) is 0 Å². The summed E-state index contributed by atoms with van der Waals surface area (Å²) >= 11 is 0. The molecule has 30 heavy (non-hydrogen) atoms. The van der Waals surface area contributed by atoms with Crippen LogP contribution in [-0.2, 0) is 33.8 Å². The number of ether oxygens (including phenoxy) is 3. The Kier molecular flexibility index (Phi) is 8.53. The second-order valence-electron chi connectivity index (χ2n) is 7.26. The molecule has 1 aliphatic heterocycles. The molecule has 0 fully saturated rings. The Bertz CT molecular complexity index is 836. The van der Waals surface area contributed by atoms with E-state index in [1.54, 1.807) is 0 Å². The molecule has 0 aliphatic carbocycles. The van der Waals surface area contributed by atoms with Crippen molar-refractivity contribution in [2.24, 2.45) is 0 Å². The summed E-state index contributed by atoms with van der Waals surface area (Å²) in [7, 11) is 0. The molecule has 0 unspecified atom stereocenters. The topological polar surface area (TPSA) is 96.9 Å². The van der Waals surface area contributed by atoms with E-state index in [0.717, 1.165) is 11.3 Å². The molecule has 164 valence electrons. The van der Waals surface area contributed by atoms with E-state index in [9.17, 15) is 9.90 Å². The number of β-amino-alcohol motifs (C(OH)–C–C–N with tert-alkyl or cyclic N) is 1. The summed E-state index contributed by atoms with van der Waals surface area (Å²) in [5.74, 6) is 0.408. The fourth-order valence-electron chi connectivity index (χ4n) is 3.51. The van der Waals surface area contributed by atoms with Gasteiger partial charge in [-0.15, -0.1) is 0 Å². The lowest BCUT2D eigenvalue weighted by molar-refractivity contribution is -0.145. The SMILES string of the molecule is CCOC(OCC)c1nc2c(c(=O)[nH]1)CN(C[C@@H](O)COCc1ccccc1)CC2. The molecule has 0 bridgehead atoms. The number of H-pyrrole nitrogens is 1. The Hall–Kier alpha value is -2.10. The van der Waals surface area contributed by atoms with Gasteiger partial charge in [-0.25, -0.2) is 4.98 Å². The van der Waals surface area contributed by atoms with Crippen LogP contribution in [0.4, 0.5) is 0 Å². The Labute approximate surface area is 176 Å². The summed E-state index contributed by atoms with van der Waals surface area (Å²) in [4.78, 5) is 22.1. The number of aromatic nitrogens is 2. The molecular weight excluding hydrogens is 386 g/mol. The maximum atomic E-state index is 12.6. The highest BCUT2D eigenvalue weighted by Gasteiger charge is 2.25. The number of aromatic amines is 1. The third kappa shape index (κ3) is 6.20. The van der Waals surface area contributed by atoms with Crippen LogP contribution < -0.4 is 5.56 Å². The maximum absolute atomic E-state index is 12.6. The lowest BCUT2D eigenvalue weighted by atomic mass is 10.1. The van der Waals surface area contributed by atoms with Gasteiger partial charge in [-0.05, 0) is 19.4 Å². The molecule has 2 heterocycles. The number of nitrogens with one attached hydrogen (secondary N) is 1. The van der Waals surface area contributed by atoms with Crippen molar-refractivity contribution < 1.29 is 19.3 Å². The first-order chi connectivity index (χ1) is 14.6. The van der Waals surface area contributed by atoms with Gasteiger partial charge in [-0.1, -0.05) is 30.3 Å². The maximum Gasteiger partial charge on any atom is 0.255 e. The number of benzene rings is 1. The van der Waals surface area contributed by atoms with Crippen molar-refractivity contribution in [3.05, 3.63) is 63.3 Å². The standard InChI is InChI=1S/C22H31N3O5/c1-3-29-22(30-4-2)20-23-19-10-11-25(13-18(19)21(27)24-20)12-17(26)15-28-14-16-8-6-5-7-9-16/h5-9,17,22,26H,3-4,10-15H2,1-2H3,(H,23,24,27)/t17-/m1/s1. The van der Waals surface area contributed by atoms with Crippen LogP contribution in [-0.4, -0.2) is 59.0 Å². The summed E-state index contributed by atoms with van der Waals surface area (Å²) in [6, 6.07) is 9.86. The van der Waals surface area contributed by atoms with E-state index in [1.807, 2.05) is 44.2 Å². The van der Waals surface area contributed by atoms with Gasteiger partial charge in [0.25, 0.3) is 5.56 Å². The molecule has 0 spiro atoms. The fourth-order valence-corrected chi connectivity index (χ4v) is 3.51. The van der Waals surface area contributed by atoms with Crippen molar-refractivity contribution >= 4 is 0 Å². The second kappa shape index (κ2) is 11.3. The van der Waals surface area contributed by atoms with Crippen molar-refractivity contribution in [2.75, 3.05) is 32.9 Å². The first kappa shape index (κ1) is 22.6. The fraction of sp³-hybridized carbons (Fsp3) is 0.545. The molecule has 1 aromatic carbocycles. The second-order valence-corrected chi connectivity index (χ2v) is 7.26. The number of hydrogen-bond donors (Lipinski definition) is 2. The van der Waals surface area contributed by atoms with Crippen LogP contribution >= 0.6 is 0 Å². The van der Waals surface area contributed by atoms with Gasteiger partial charge in [0.1, 0.15) is 0 Å². The molecule has 1 atom stereocenters. The minimum absolute atomic E-state index is 0.182. The molecule has 2 aromatic rings. The first-order valence-electron chi connectivity index (χ1n) is 10.5. The van der Waals surface area contributed by atoms with E-state index in [1.165, 1.54) is 0 Å². The van der Waals surface area contributed by atoms with Crippen LogP contribution in [0.5, 0.6) is 0 Å². The van der Waals surface area contributed by atoms with Crippen LogP contribution in [0.1, 0.15) is 42.8 Å². The van der Waals surface area contributed by atoms with Crippen molar-refractivity contribution in [1.29, 1.82) is 0 Å². The summed E-state index contributed by atoms with van der Waals surface area (Å²) in [5.41, 5.74) is 2.29. The van der Waals surface area contributed by atoms with Crippen molar-refractivity contribution in [2.45, 2.75) is 45.8 Å². The monoisotopic (exact) mass is 417 g/mol. The van der Waals surface area contributed by atoms with Gasteiger partial charge < -0.3 is 24.3 Å². The number of rotatable bonds is 11. The Morgan fingerprint density at radius 3 is 2.63 bits per heavy atom. The first-order valence-corrected chi connectivity index (χ1v) is 10.5. The third-order valence-electron chi connectivity index (χ3n) is 4.92. The van der Waals surface area contributed by atoms with Crippen LogP contribution in [0.2, 0.25) is 0 Å². The number of hydrogen-bond acceptors (Lipinski definition) is 7. The Morgan fingerprint density at radius 2 is 1.93 bits per heavy atom. The smallest absolute Gasteiger partial charge is 0.255 e. The summed E-state index contributed by atoms with van der Waals surface area (Å²) in [5, 5.41) is 10.3. The zero-order valence-corrected chi connectivity index (χ0v) is 17.7. The summed E-state index contributed by atoms with van der Waals surface area (Å²) in [6.07, 6.45) is -0.657. The Morgan fingerprint density at radius 1 is 1.20 bits per heavy atom. The van der Waals surface area contributed by atoms with Crippen LogP contribution in [0.15, 0.2) is 35.1 Å². The van der Waals surface area contributed by atoms with E-state index in [-0.39, 0.29) is 12.2 Å². The minimum atomic E-state index is -0.667. The molecule has 0 saturated heterocycles. The van der Waals surface area contributed by atoms with Gasteiger partial charge in [-0.2, -0.15) is 0 Å². The van der Waals surface area contributed by atoms with Gasteiger partial charge >= 0.3 is 0 Å². The average Bonchev–Trinajstić information content (AvgIpc) is 2.74.